The van der Waals surface area contributed by atoms with Crippen LogP contribution in [0.2, 0.25) is 0 Å². The highest BCUT2D eigenvalue weighted by atomic mass is 19.4. The van der Waals surface area contributed by atoms with E-state index in [1.807, 2.05) is 0 Å². The van der Waals surface area contributed by atoms with Gasteiger partial charge in [-0.15, -0.1) is 0 Å². The molecule has 1 aliphatic rings. The minimum atomic E-state index is -4.52. The molecule has 0 aromatic heterocycles. The van der Waals surface area contributed by atoms with Crippen LogP contribution in [-0.2, 0) is 14.4 Å². The Hall–Kier alpha value is -1.64. The molecule has 1 heterocycles. The first-order valence-electron chi connectivity index (χ1n) is 4.67. The Morgan fingerprint density at radius 3 is 2.29 bits per heavy atom. The third-order valence-electron chi connectivity index (χ3n) is 1.94. The number of imide groups is 1. The molecule has 0 atom stereocenters. The Morgan fingerprint density at radius 2 is 1.82 bits per heavy atom. The van der Waals surface area contributed by atoms with Crippen molar-refractivity contribution in [2.75, 3.05) is 26.2 Å². The molecule has 0 bridgehead atoms. The highest BCUT2D eigenvalue weighted by Gasteiger charge is 2.30. The van der Waals surface area contributed by atoms with Crippen LogP contribution in [0.1, 0.15) is 0 Å². The van der Waals surface area contributed by atoms with Crippen LogP contribution in [-0.4, -0.2) is 55.0 Å². The molecule has 9 heteroatoms. The first-order valence-corrected chi connectivity index (χ1v) is 4.67. The van der Waals surface area contributed by atoms with Crippen LogP contribution in [0.4, 0.5) is 13.2 Å². The van der Waals surface area contributed by atoms with Gasteiger partial charge in [0.1, 0.15) is 13.1 Å². The molecule has 2 N–H and O–H groups in total. The molecule has 6 nitrogen and oxygen atoms in total. The van der Waals surface area contributed by atoms with Crippen molar-refractivity contribution in [3.8, 4) is 0 Å². The highest BCUT2D eigenvalue weighted by molar-refractivity contribution is 6.02. The molecule has 96 valence electrons. The molecule has 0 saturated carbocycles. The molecule has 0 aromatic carbocycles. The van der Waals surface area contributed by atoms with E-state index in [9.17, 15) is 27.6 Å². The average molecular weight is 253 g/mol. The van der Waals surface area contributed by atoms with Crippen molar-refractivity contribution in [1.82, 2.24) is 15.5 Å². The van der Waals surface area contributed by atoms with E-state index in [2.05, 4.69) is 5.32 Å². The molecule has 0 spiro atoms. The second-order valence-corrected chi connectivity index (χ2v) is 3.37. The van der Waals surface area contributed by atoms with Crippen LogP contribution < -0.4 is 10.6 Å². The lowest BCUT2D eigenvalue weighted by molar-refractivity contribution is -0.150. The topological polar surface area (TPSA) is 78.5 Å². The van der Waals surface area contributed by atoms with E-state index in [-0.39, 0.29) is 13.1 Å². The number of amides is 3. The standard InChI is InChI=1S/C8H10F3N3O3/c9-8(10,11)4-13-5(15)3-14-6(16)1-12-2-7(14)17/h12H,1-4H2,(H,13,15). The summed E-state index contributed by atoms with van der Waals surface area (Å²) < 4.78 is 35.3. The second-order valence-electron chi connectivity index (χ2n) is 3.37. The van der Waals surface area contributed by atoms with E-state index in [4.69, 9.17) is 0 Å². The number of hydrogen-bond donors (Lipinski definition) is 2. The van der Waals surface area contributed by atoms with Gasteiger partial charge in [-0.05, 0) is 0 Å². The monoisotopic (exact) mass is 253 g/mol. The smallest absolute Gasteiger partial charge is 0.345 e. The maximum absolute atomic E-state index is 11.8. The average Bonchev–Trinajstić information content (AvgIpc) is 2.20. The number of rotatable bonds is 3. The number of hydrogen-bond acceptors (Lipinski definition) is 4. The van der Waals surface area contributed by atoms with Crippen LogP contribution in [0.15, 0.2) is 0 Å². The van der Waals surface area contributed by atoms with Gasteiger partial charge in [0.05, 0.1) is 13.1 Å². The van der Waals surface area contributed by atoms with Crippen LogP contribution in [0.25, 0.3) is 0 Å². The number of alkyl halides is 3. The maximum Gasteiger partial charge on any atom is 0.405 e. The van der Waals surface area contributed by atoms with Gasteiger partial charge in [0.15, 0.2) is 0 Å². The number of carbonyl (C=O) groups is 3. The van der Waals surface area contributed by atoms with Gasteiger partial charge in [-0.25, -0.2) is 0 Å². The number of piperazine rings is 1. The molecular formula is C8H10F3N3O3. The summed E-state index contributed by atoms with van der Waals surface area (Å²) in [5, 5.41) is 4.07. The molecule has 1 saturated heterocycles. The molecule has 17 heavy (non-hydrogen) atoms. The van der Waals surface area contributed by atoms with Crippen LogP contribution >= 0.6 is 0 Å². The predicted octanol–water partition coefficient (Wildman–Crippen LogP) is -1.38. The van der Waals surface area contributed by atoms with Crippen molar-refractivity contribution in [3.63, 3.8) is 0 Å². The Labute approximate surface area is 94.1 Å². The zero-order valence-electron chi connectivity index (χ0n) is 8.63. The zero-order valence-corrected chi connectivity index (χ0v) is 8.63. The molecule has 1 rings (SSSR count). The van der Waals surface area contributed by atoms with Gasteiger partial charge in [-0.1, -0.05) is 0 Å². The van der Waals surface area contributed by atoms with Gasteiger partial charge in [0, 0.05) is 0 Å². The lowest BCUT2D eigenvalue weighted by Gasteiger charge is -2.24. The lowest BCUT2D eigenvalue weighted by Crippen LogP contribution is -2.55. The zero-order chi connectivity index (χ0) is 13.1. The van der Waals surface area contributed by atoms with Crippen molar-refractivity contribution in [1.29, 1.82) is 0 Å². The normalized spacial score (nSPS) is 17.2. The minimum absolute atomic E-state index is 0.113. The van der Waals surface area contributed by atoms with E-state index in [1.165, 1.54) is 0 Å². The van der Waals surface area contributed by atoms with Gasteiger partial charge in [-0.3, -0.25) is 24.6 Å². The van der Waals surface area contributed by atoms with Crippen molar-refractivity contribution in [2.24, 2.45) is 0 Å². The van der Waals surface area contributed by atoms with Gasteiger partial charge in [0.2, 0.25) is 17.7 Å². The van der Waals surface area contributed by atoms with E-state index in [0.29, 0.717) is 4.90 Å². The summed E-state index contributed by atoms with van der Waals surface area (Å²) in [6.45, 7) is -2.40. The fraction of sp³-hybridized carbons (Fsp3) is 0.625. The summed E-state index contributed by atoms with van der Waals surface area (Å²) in [4.78, 5) is 34.1. The SMILES string of the molecule is O=C(CN1C(=O)CNCC1=O)NCC(F)(F)F. The van der Waals surface area contributed by atoms with Crippen LogP contribution in [0.3, 0.4) is 0 Å². The Morgan fingerprint density at radius 1 is 1.29 bits per heavy atom. The summed E-state index contributed by atoms with van der Waals surface area (Å²) in [5.74, 6) is -2.29. The van der Waals surface area contributed by atoms with Crippen molar-refractivity contribution in [2.45, 2.75) is 6.18 Å². The maximum atomic E-state index is 11.8. The van der Waals surface area contributed by atoms with Gasteiger partial charge >= 0.3 is 6.18 Å². The molecule has 0 aliphatic carbocycles. The number of nitrogens with one attached hydrogen (secondary N) is 2. The van der Waals surface area contributed by atoms with E-state index >= 15 is 0 Å². The van der Waals surface area contributed by atoms with Crippen molar-refractivity contribution >= 4 is 17.7 Å². The fourth-order valence-corrected chi connectivity index (χ4v) is 1.18. The Bertz CT molecular complexity index is 327. The molecule has 0 unspecified atom stereocenters. The summed E-state index contributed by atoms with van der Waals surface area (Å²) in [6.07, 6.45) is -4.52. The van der Waals surface area contributed by atoms with Crippen molar-refractivity contribution in [3.05, 3.63) is 0 Å². The number of halogens is 3. The first-order chi connectivity index (χ1) is 7.79. The van der Waals surface area contributed by atoms with E-state index < -0.39 is 37.0 Å². The third kappa shape index (κ3) is 4.39. The highest BCUT2D eigenvalue weighted by Crippen LogP contribution is 2.12. The van der Waals surface area contributed by atoms with Crippen LogP contribution in [0, 0.1) is 0 Å². The lowest BCUT2D eigenvalue weighted by atomic mass is 10.3. The number of nitrogens with zero attached hydrogens (tertiary/aromatic N) is 1. The molecule has 0 aromatic rings. The molecule has 0 radical (unpaired) electrons. The van der Waals surface area contributed by atoms with E-state index in [0.717, 1.165) is 0 Å². The molecule has 1 aliphatic heterocycles. The quantitative estimate of drug-likeness (QED) is 0.608. The third-order valence-corrected chi connectivity index (χ3v) is 1.94. The minimum Gasteiger partial charge on any atom is -0.345 e. The summed E-state index contributed by atoms with van der Waals surface area (Å²) in [5.41, 5.74) is 0. The Kier molecular flexibility index (Phi) is 4.05. The largest absolute Gasteiger partial charge is 0.405 e. The summed E-state index contributed by atoms with van der Waals surface area (Å²) in [6, 6.07) is 0. The van der Waals surface area contributed by atoms with Crippen LogP contribution in [0.5, 0.6) is 0 Å². The van der Waals surface area contributed by atoms with Crippen molar-refractivity contribution < 1.29 is 27.6 Å². The molecule has 3 amide bonds. The van der Waals surface area contributed by atoms with Gasteiger partial charge in [-0.2, -0.15) is 13.2 Å². The summed E-state index contributed by atoms with van der Waals surface area (Å²) >= 11 is 0. The number of carbonyl (C=O) groups excluding carboxylic acids is 3. The first kappa shape index (κ1) is 13.4. The van der Waals surface area contributed by atoms with Gasteiger partial charge in [0.25, 0.3) is 0 Å². The fourth-order valence-electron chi connectivity index (χ4n) is 1.18. The van der Waals surface area contributed by atoms with E-state index in [1.54, 1.807) is 5.32 Å². The van der Waals surface area contributed by atoms with Gasteiger partial charge < -0.3 is 5.32 Å². The molecule has 1 fully saturated rings. The summed E-state index contributed by atoms with van der Waals surface area (Å²) in [7, 11) is 0. The Balaban J connectivity index is 2.44. The predicted molar refractivity (Wildman–Crippen MR) is 48.7 cm³/mol. The molecular weight excluding hydrogens is 243 g/mol. The second kappa shape index (κ2) is 5.13.